The van der Waals surface area contributed by atoms with Crippen molar-refractivity contribution in [3.63, 3.8) is 0 Å². The minimum absolute atomic E-state index is 0.0937. The number of aryl methyl sites for hydroxylation is 1. The van der Waals surface area contributed by atoms with Crippen LogP contribution in [0.4, 0.5) is 8.78 Å². The fourth-order valence-electron chi connectivity index (χ4n) is 2.28. The molecule has 0 N–H and O–H groups in total. The van der Waals surface area contributed by atoms with Crippen LogP contribution in [0.3, 0.4) is 0 Å². The zero-order chi connectivity index (χ0) is 16.8. The quantitative estimate of drug-likeness (QED) is 0.767. The summed E-state index contributed by atoms with van der Waals surface area (Å²) < 4.78 is 30.2. The van der Waals surface area contributed by atoms with E-state index in [2.05, 4.69) is 32.8 Å². The highest BCUT2D eigenvalue weighted by Crippen LogP contribution is 2.27. The van der Waals surface area contributed by atoms with E-state index < -0.39 is 6.61 Å². The highest BCUT2D eigenvalue weighted by molar-refractivity contribution is 9.10. The van der Waals surface area contributed by atoms with Crippen LogP contribution in [0.15, 0.2) is 40.9 Å². The van der Waals surface area contributed by atoms with Crippen LogP contribution in [-0.4, -0.2) is 6.61 Å². The molecule has 0 bridgehead atoms. The zero-order valence-electron chi connectivity index (χ0n) is 11.9. The van der Waals surface area contributed by atoms with Gasteiger partial charge in [-0.15, -0.1) is 0 Å². The van der Waals surface area contributed by atoms with Gasteiger partial charge in [0, 0.05) is 4.47 Å². The molecule has 0 aliphatic rings. The van der Waals surface area contributed by atoms with Crippen LogP contribution >= 0.6 is 15.9 Å². The van der Waals surface area contributed by atoms with E-state index in [9.17, 15) is 8.78 Å². The molecule has 0 heterocycles. The van der Waals surface area contributed by atoms with Crippen LogP contribution in [0.5, 0.6) is 5.75 Å². The van der Waals surface area contributed by atoms with Crippen molar-refractivity contribution in [2.45, 2.75) is 19.5 Å². The van der Waals surface area contributed by atoms with Crippen LogP contribution in [0.1, 0.15) is 22.3 Å². The number of nitriles is 2. The summed E-state index contributed by atoms with van der Waals surface area (Å²) in [7, 11) is 0. The summed E-state index contributed by atoms with van der Waals surface area (Å²) in [6, 6.07) is 13.8. The Hall–Kier alpha value is -2.44. The molecule has 0 radical (unpaired) electrons. The Kier molecular flexibility index (Phi) is 5.67. The SMILES string of the molecule is N#Cc1cccc(C#N)c1CCc1cc(Br)ccc1OC(F)F. The van der Waals surface area contributed by atoms with Crippen molar-refractivity contribution in [3.8, 4) is 17.9 Å². The van der Waals surface area contributed by atoms with Gasteiger partial charge in [-0.05, 0) is 54.3 Å². The van der Waals surface area contributed by atoms with Gasteiger partial charge in [0.1, 0.15) is 5.75 Å². The van der Waals surface area contributed by atoms with Gasteiger partial charge in [-0.25, -0.2) is 0 Å². The van der Waals surface area contributed by atoms with Crippen LogP contribution in [0, 0.1) is 22.7 Å². The predicted molar refractivity (Wildman–Crippen MR) is 84.1 cm³/mol. The first-order valence-corrected chi connectivity index (χ1v) is 7.49. The molecule has 0 saturated heterocycles. The molecule has 23 heavy (non-hydrogen) atoms. The minimum atomic E-state index is -2.91. The van der Waals surface area contributed by atoms with Gasteiger partial charge in [0.05, 0.1) is 23.3 Å². The standard InChI is InChI=1S/C17H11BrF2N2O/c18-14-5-7-16(23-17(19)20)11(8-14)4-6-15-12(9-21)2-1-3-13(15)10-22/h1-3,5,7-8,17H,4,6H2. The predicted octanol–water partition coefficient (Wildman–Crippen LogP) is 4.58. The molecule has 2 aromatic carbocycles. The maximum atomic E-state index is 12.5. The van der Waals surface area contributed by atoms with Gasteiger partial charge in [-0.3, -0.25) is 0 Å². The van der Waals surface area contributed by atoms with Crippen LogP contribution < -0.4 is 4.74 Å². The van der Waals surface area contributed by atoms with Gasteiger partial charge in [0.2, 0.25) is 0 Å². The van der Waals surface area contributed by atoms with Crippen LogP contribution in [-0.2, 0) is 12.8 Å². The second-order valence-electron chi connectivity index (χ2n) is 4.69. The molecular formula is C17H11BrF2N2O. The Morgan fingerprint density at radius 1 is 1.04 bits per heavy atom. The lowest BCUT2D eigenvalue weighted by Gasteiger charge is -2.12. The van der Waals surface area contributed by atoms with E-state index in [1.807, 2.05) is 0 Å². The number of alkyl halides is 2. The molecule has 6 heteroatoms. The minimum Gasteiger partial charge on any atom is -0.435 e. The fourth-order valence-corrected chi connectivity index (χ4v) is 2.69. The van der Waals surface area contributed by atoms with E-state index in [1.165, 1.54) is 6.07 Å². The number of benzene rings is 2. The maximum absolute atomic E-state index is 12.5. The molecule has 0 aliphatic carbocycles. The van der Waals surface area contributed by atoms with Crippen molar-refractivity contribution in [2.24, 2.45) is 0 Å². The summed E-state index contributed by atoms with van der Waals surface area (Å²) in [6.07, 6.45) is 0.748. The third kappa shape index (κ3) is 4.28. The molecule has 0 aromatic heterocycles. The van der Waals surface area contributed by atoms with E-state index in [0.29, 0.717) is 35.1 Å². The molecule has 0 unspecified atom stereocenters. The Morgan fingerprint density at radius 2 is 1.70 bits per heavy atom. The molecule has 0 amide bonds. The lowest BCUT2D eigenvalue weighted by atomic mass is 9.96. The summed E-state index contributed by atoms with van der Waals surface area (Å²) in [4.78, 5) is 0. The fraction of sp³-hybridized carbons (Fsp3) is 0.176. The third-order valence-electron chi connectivity index (χ3n) is 3.30. The Morgan fingerprint density at radius 3 is 2.26 bits per heavy atom. The number of hydrogen-bond donors (Lipinski definition) is 0. The first kappa shape index (κ1) is 16.9. The number of hydrogen-bond acceptors (Lipinski definition) is 3. The van der Waals surface area contributed by atoms with Crippen molar-refractivity contribution < 1.29 is 13.5 Å². The number of nitrogens with zero attached hydrogens (tertiary/aromatic N) is 2. The molecule has 3 nitrogen and oxygen atoms in total. The highest BCUT2D eigenvalue weighted by Gasteiger charge is 2.13. The number of rotatable bonds is 5. The smallest absolute Gasteiger partial charge is 0.387 e. The second-order valence-corrected chi connectivity index (χ2v) is 5.60. The van der Waals surface area contributed by atoms with E-state index >= 15 is 0 Å². The van der Waals surface area contributed by atoms with E-state index in [-0.39, 0.29) is 5.75 Å². The molecule has 2 rings (SSSR count). The lowest BCUT2D eigenvalue weighted by Crippen LogP contribution is -2.06. The Bertz CT molecular complexity index is 762. The first-order chi connectivity index (χ1) is 11.0. The van der Waals surface area contributed by atoms with Crippen LogP contribution in [0.25, 0.3) is 0 Å². The van der Waals surface area contributed by atoms with E-state index in [1.54, 1.807) is 30.3 Å². The summed E-state index contributed by atoms with van der Waals surface area (Å²) in [5.41, 5.74) is 2.02. The van der Waals surface area contributed by atoms with E-state index in [4.69, 9.17) is 10.5 Å². The topological polar surface area (TPSA) is 56.8 Å². The third-order valence-corrected chi connectivity index (χ3v) is 3.79. The molecular weight excluding hydrogens is 366 g/mol. The summed E-state index contributed by atoms with van der Waals surface area (Å²) >= 11 is 3.30. The van der Waals surface area contributed by atoms with Crippen LogP contribution in [0.2, 0.25) is 0 Å². The molecule has 0 aliphatic heterocycles. The molecule has 0 fully saturated rings. The van der Waals surface area contributed by atoms with Gasteiger partial charge >= 0.3 is 6.61 Å². The molecule has 0 atom stereocenters. The molecule has 0 spiro atoms. The molecule has 0 saturated carbocycles. The van der Waals surface area contributed by atoms with Crippen molar-refractivity contribution in [2.75, 3.05) is 0 Å². The summed E-state index contributed by atoms with van der Waals surface area (Å²) in [5, 5.41) is 18.3. The Balaban J connectivity index is 2.30. The monoisotopic (exact) mass is 376 g/mol. The molecule has 116 valence electrons. The maximum Gasteiger partial charge on any atom is 0.387 e. The van der Waals surface area contributed by atoms with Gasteiger partial charge in [0.15, 0.2) is 0 Å². The summed E-state index contributed by atoms with van der Waals surface area (Å²) in [5.74, 6) is 0.0937. The first-order valence-electron chi connectivity index (χ1n) is 6.70. The Labute approximate surface area is 140 Å². The average Bonchev–Trinajstić information content (AvgIpc) is 2.54. The lowest BCUT2D eigenvalue weighted by molar-refractivity contribution is -0.0504. The van der Waals surface area contributed by atoms with Crippen molar-refractivity contribution in [3.05, 3.63) is 63.1 Å². The second kappa shape index (κ2) is 7.71. The highest BCUT2D eigenvalue weighted by atomic mass is 79.9. The number of ether oxygens (including phenoxy) is 1. The normalized spacial score (nSPS) is 10.2. The van der Waals surface area contributed by atoms with Crippen molar-refractivity contribution in [1.82, 2.24) is 0 Å². The van der Waals surface area contributed by atoms with Crippen molar-refractivity contribution >= 4 is 15.9 Å². The molecule has 2 aromatic rings. The van der Waals surface area contributed by atoms with Gasteiger partial charge in [-0.2, -0.15) is 19.3 Å². The van der Waals surface area contributed by atoms with Gasteiger partial charge in [-0.1, -0.05) is 22.0 Å². The summed E-state index contributed by atoms with van der Waals surface area (Å²) in [6.45, 7) is -2.91. The average molecular weight is 377 g/mol. The number of halogens is 3. The van der Waals surface area contributed by atoms with E-state index in [0.717, 1.165) is 4.47 Å². The van der Waals surface area contributed by atoms with Gasteiger partial charge < -0.3 is 4.74 Å². The van der Waals surface area contributed by atoms with Crippen molar-refractivity contribution in [1.29, 1.82) is 10.5 Å². The largest absolute Gasteiger partial charge is 0.435 e. The van der Waals surface area contributed by atoms with Gasteiger partial charge in [0.25, 0.3) is 0 Å². The zero-order valence-corrected chi connectivity index (χ0v) is 13.5.